The minimum Gasteiger partial charge on any atom is -0.478 e. The number of aryl methyl sites for hydroxylation is 1. The van der Waals surface area contributed by atoms with E-state index in [1.54, 1.807) is 0 Å². The summed E-state index contributed by atoms with van der Waals surface area (Å²) in [5, 5.41) is 10.6. The van der Waals surface area contributed by atoms with Crippen molar-refractivity contribution in [1.29, 1.82) is 0 Å². The fourth-order valence-electron chi connectivity index (χ4n) is 0.976. The fourth-order valence-corrected chi connectivity index (χ4v) is 1.94. The predicted octanol–water partition coefficient (Wildman–Crippen LogP) is 2.41. The Balaban J connectivity index is 3.02. The van der Waals surface area contributed by atoms with E-state index in [2.05, 4.69) is 6.58 Å². The van der Waals surface area contributed by atoms with Crippen molar-refractivity contribution in [3.63, 3.8) is 0 Å². The Morgan fingerprint density at radius 2 is 2.42 bits per heavy atom. The maximum atomic E-state index is 10.6. The molecule has 0 aliphatic rings. The standard InChI is InChI=1S/C9H10O2S/c1-3-7-4-5-12-8(7)6(2)9(10)11/h4-5H,2-3H2,1H3,(H,10,11). The van der Waals surface area contributed by atoms with Gasteiger partial charge in [0, 0.05) is 4.88 Å². The Kier molecular flexibility index (Phi) is 2.65. The van der Waals surface area contributed by atoms with Gasteiger partial charge >= 0.3 is 5.97 Å². The number of carboxylic acid groups (broad SMARTS) is 1. The number of carbonyl (C=O) groups is 1. The number of rotatable bonds is 3. The van der Waals surface area contributed by atoms with E-state index in [-0.39, 0.29) is 5.57 Å². The second kappa shape index (κ2) is 3.54. The van der Waals surface area contributed by atoms with Crippen LogP contribution in [-0.4, -0.2) is 11.1 Å². The molecule has 0 aromatic carbocycles. The van der Waals surface area contributed by atoms with Crippen LogP contribution in [0, 0.1) is 0 Å². The minimum absolute atomic E-state index is 0.196. The van der Waals surface area contributed by atoms with Crippen molar-refractivity contribution >= 4 is 22.9 Å². The molecule has 0 spiro atoms. The van der Waals surface area contributed by atoms with Crippen LogP contribution >= 0.6 is 11.3 Å². The third-order valence-corrected chi connectivity index (χ3v) is 2.68. The zero-order valence-electron chi connectivity index (χ0n) is 6.83. The Morgan fingerprint density at radius 3 is 2.92 bits per heavy atom. The van der Waals surface area contributed by atoms with Gasteiger partial charge in [0.25, 0.3) is 0 Å². The van der Waals surface area contributed by atoms with Crippen LogP contribution in [0.4, 0.5) is 0 Å². The van der Waals surface area contributed by atoms with E-state index in [1.165, 1.54) is 11.3 Å². The summed E-state index contributed by atoms with van der Waals surface area (Å²) in [6.07, 6.45) is 0.852. The number of aliphatic carboxylic acids is 1. The highest BCUT2D eigenvalue weighted by atomic mass is 32.1. The molecule has 0 saturated carbocycles. The maximum absolute atomic E-state index is 10.6. The number of hydrogen-bond donors (Lipinski definition) is 1. The smallest absolute Gasteiger partial charge is 0.336 e. The first kappa shape index (κ1) is 9.00. The summed E-state index contributed by atoms with van der Waals surface area (Å²) in [4.78, 5) is 11.4. The van der Waals surface area contributed by atoms with Crippen LogP contribution in [0.15, 0.2) is 18.0 Å². The highest BCUT2D eigenvalue weighted by Gasteiger charge is 2.11. The Hall–Kier alpha value is -1.09. The van der Waals surface area contributed by atoms with Crippen LogP contribution in [0.2, 0.25) is 0 Å². The lowest BCUT2D eigenvalue weighted by atomic mass is 10.1. The average Bonchev–Trinajstić information content (AvgIpc) is 2.49. The van der Waals surface area contributed by atoms with Gasteiger partial charge in [0.2, 0.25) is 0 Å². The zero-order valence-corrected chi connectivity index (χ0v) is 7.65. The first-order valence-corrected chi connectivity index (χ1v) is 4.53. The van der Waals surface area contributed by atoms with Gasteiger partial charge in [-0.15, -0.1) is 11.3 Å². The largest absolute Gasteiger partial charge is 0.478 e. The quantitative estimate of drug-likeness (QED) is 0.729. The summed E-state index contributed by atoms with van der Waals surface area (Å²) in [5.41, 5.74) is 1.26. The summed E-state index contributed by atoms with van der Waals surface area (Å²) in [7, 11) is 0. The van der Waals surface area contributed by atoms with Crippen molar-refractivity contribution in [3.05, 3.63) is 28.5 Å². The predicted molar refractivity (Wildman–Crippen MR) is 50.4 cm³/mol. The molecule has 0 aliphatic heterocycles. The molecular weight excluding hydrogens is 172 g/mol. The number of carboxylic acids is 1. The van der Waals surface area contributed by atoms with E-state index in [0.29, 0.717) is 0 Å². The molecule has 64 valence electrons. The molecule has 0 amide bonds. The third kappa shape index (κ3) is 1.56. The van der Waals surface area contributed by atoms with Crippen molar-refractivity contribution in [3.8, 4) is 0 Å². The van der Waals surface area contributed by atoms with Crippen LogP contribution < -0.4 is 0 Å². The molecule has 3 heteroatoms. The first-order chi connectivity index (χ1) is 5.66. The molecule has 12 heavy (non-hydrogen) atoms. The highest BCUT2D eigenvalue weighted by Crippen LogP contribution is 2.24. The van der Waals surface area contributed by atoms with Crippen molar-refractivity contribution < 1.29 is 9.90 Å². The Labute approximate surface area is 75.2 Å². The van der Waals surface area contributed by atoms with Gasteiger partial charge < -0.3 is 5.11 Å². The van der Waals surface area contributed by atoms with Crippen molar-refractivity contribution in [2.75, 3.05) is 0 Å². The van der Waals surface area contributed by atoms with E-state index >= 15 is 0 Å². The second-order valence-corrected chi connectivity index (χ2v) is 3.33. The van der Waals surface area contributed by atoms with E-state index in [4.69, 9.17) is 5.11 Å². The minimum atomic E-state index is -0.938. The van der Waals surface area contributed by atoms with Crippen molar-refractivity contribution in [1.82, 2.24) is 0 Å². The number of thiophene rings is 1. The lowest BCUT2D eigenvalue weighted by Gasteiger charge is -1.99. The molecule has 0 radical (unpaired) electrons. The third-order valence-electron chi connectivity index (χ3n) is 1.66. The molecule has 0 aliphatic carbocycles. The Bertz CT molecular complexity index is 312. The molecule has 1 aromatic heterocycles. The zero-order chi connectivity index (χ0) is 9.14. The summed E-state index contributed by atoms with van der Waals surface area (Å²) < 4.78 is 0. The van der Waals surface area contributed by atoms with Gasteiger partial charge in [0.05, 0.1) is 5.57 Å². The first-order valence-electron chi connectivity index (χ1n) is 3.65. The van der Waals surface area contributed by atoms with E-state index in [0.717, 1.165) is 16.9 Å². The normalized spacial score (nSPS) is 9.75. The van der Waals surface area contributed by atoms with Gasteiger partial charge in [-0.1, -0.05) is 13.5 Å². The van der Waals surface area contributed by atoms with Gasteiger partial charge in [0.1, 0.15) is 0 Å². The summed E-state index contributed by atoms with van der Waals surface area (Å²) in [6, 6.07) is 1.94. The molecular formula is C9H10O2S. The molecule has 1 aromatic rings. The molecule has 0 saturated heterocycles. The lowest BCUT2D eigenvalue weighted by molar-refractivity contribution is -0.130. The van der Waals surface area contributed by atoms with Gasteiger partial charge in [-0.05, 0) is 23.4 Å². The van der Waals surface area contributed by atoms with Gasteiger partial charge in [-0.25, -0.2) is 4.79 Å². The van der Waals surface area contributed by atoms with Gasteiger partial charge in [-0.3, -0.25) is 0 Å². The van der Waals surface area contributed by atoms with Crippen LogP contribution in [0.3, 0.4) is 0 Å². The molecule has 0 bridgehead atoms. The lowest BCUT2D eigenvalue weighted by Crippen LogP contribution is -1.97. The van der Waals surface area contributed by atoms with Crippen molar-refractivity contribution in [2.45, 2.75) is 13.3 Å². The molecule has 1 N–H and O–H groups in total. The van der Waals surface area contributed by atoms with Gasteiger partial charge in [-0.2, -0.15) is 0 Å². The summed E-state index contributed by atoms with van der Waals surface area (Å²) >= 11 is 1.43. The highest BCUT2D eigenvalue weighted by molar-refractivity contribution is 7.11. The molecule has 0 atom stereocenters. The van der Waals surface area contributed by atoms with Crippen LogP contribution in [0.25, 0.3) is 5.57 Å². The van der Waals surface area contributed by atoms with Crippen LogP contribution in [0.5, 0.6) is 0 Å². The van der Waals surface area contributed by atoms with Crippen LogP contribution in [-0.2, 0) is 11.2 Å². The summed E-state index contributed by atoms with van der Waals surface area (Å²) in [5.74, 6) is -0.938. The van der Waals surface area contributed by atoms with E-state index < -0.39 is 5.97 Å². The summed E-state index contributed by atoms with van der Waals surface area (Å²) in [6.45, 7) is 5.52. The number of hydrogen-bond acceptors (Lipinski definition) is 2. The van der Waals surface area contributed by atoms with Gasteiger partial charge in [0.15, 0.2) is 0 Å². The SMILES string of the molecule is C=C(C(=O)O)c1sccc1CC. The second-order valence-electron chi connectivity index (χ2n) is 2.41. The average molecular weight is 182 g/mol. The Morgan fingerprint density at radius 1 is 1.75 bits per heavy atom. The van der Waals surface area contributed by atoms with Crippen LogP contribution in [0.1, 0.15) is 17.4 Å². The molecule has 0 unspecified atom stereocenters. The molecule has 0 fully saturated rings. The molecule has 1 rings (SSSR count). The maximum Gasteiger partial charge on any atom is 0.336 e. The molecule has 1 heterocycles. The fraction of sp³-hybridized carbons (Fsp3) is 0.222. The van der Waals surface area contributed by atoms with E-state index in [1.807, 2.05) is 18.4 Å². The monoisotopic (exact) mass is 182 g/mol. The van der Waals surface area contributed by atoms with Crippen molar-refractivity contribution in [2.24, 2.45) is 0 Å². The molecule has 2 nitrogen and oxygen atoms in total. The topological polar surface area (TPSA) is 37.3 Å². The van der Waals surface area contributed by atoms with E-state index in [9.17, 15) is 4.79 Å².